The Hall–Kier alpha value is -1.36. The van der Waals surface area contributed by atoms with Crippen molar-refractivity contribution in [3.05, 3.63) is 41.5 Å². The Kier molecular flexibility index (Phi) is 3.23. The Morgan fingerprint density at radius 3 is 3.04 bits per heavy atom. The molecule has 4 heteroatoms. The van der Waals surface area contributed by atoms with Gasteiger partial charge in [0.05, 0.1) is 17.1 Å². The molecule has 2 bridgehead atoms. The van der Waals surface area contributed by atoms with Crippen LogP contribution in [0, 0.1) is 6.92 Å². The van der Waals surface area contributed by atoms with Crippen molar-refractivity contribution in [2.75, 3.05) is 20.2 Å². The van der Waals surface area contributed by atoms with Crippen molar-refractivity contribution in [3.8, 4) is 5.75 Å². The van der Waals surface area contributed by atoms with Crippen LogP contribution in [0.25, 0.3) is 0 Å². The third kappa shape index (κ3) is 1.69. The number of hydrogen-bond donors (Lipinski definition) is 1. The average Bonchev–Trinajstić information content (AvgIpc) is 2.95. The Labute approximate surface area is 149 Å². The predicted octanol–water partition coefficient (Wildman–Crippen LogP) is 2.35. The third-order valence-electron chi connectivity index (χ3n) is 7.40. The van der Waals surface area contributed by atoms with Gasteiger partial charge in [-0.2, -0.15) is 0 Å². The number of rotatable bonds is 3. The molecule has 2 fully saturated rings. The van der Waals surface area contributed by atoms with Gasteiger partial charge in [-0.3, -0.25) is 4.90 Å². The number of nitrogens with zero attached hydrogens (tertiary/aromatic N) is 1. The normalized spacial score (nSPS) is 41.2. The van der Waals surface area contributed by atoms with Crippen LogP contribution < -0.4 is 4.74 Å². The highest BCUT2D eigenvalue weighted by Gasteiger charge is 2.72. The zero-order chi connectivity index (χ0) is 17.4. The van der Waals surface area contributed by atoms with Crippen molar-refractivity contribution in [3.63, 3.8) is 0 Å². The highest BCUT2D eigenvalue weighted by Crippen LogP contribution is 2.64. The standard InChI is InChI=1S/C21H27NO3/c1-4-10-22-11-9-20-17-14-6-5-13(2)18(17)25-19(20)15(24-3)7-8-21(20,23)16(22)12-14/h4-6,15-16,19,23H,1,7-12H2,2-3H3/t15?,16?,19?,20-,21+/m0/s1. The molecule has 2 heterocycles. The Balaban J connectivity index is 1.76. The monoisotopic (exact) mass is 341 g/mol. The van der Waals surface area contributed by atoms with E-state index in [4.69, 9.17) is 9.47 Å². The Morgan fingerprint density at radius 2 is 2.28 bits per heavy atom. The number of methoxy groups -OCH3 is 1. The van der Waals surface area contributed by atoms with Crippen molar-refractivity contribution >= 4 is 0 Å². The van der Waals surface area contributed by atoms with E-state index in [0.717, 1.165) is 44.5 Å². The second kappa shape index (κ2) is 5.09. The third-order valence-corrected chi connectivity index (χ3v) is 7.40. The van der Waals surface area contributed by atoms with Crippen LogP contribution >= 0.6 is 0 Å². The highest BCUT2D eigenvalue weighted by atomic mass is 16.5. The lowest BCUT2D eigenvalue weighted by Gasteiger charge is -2.64. The Bertz CT molecular complexity index is 747. The van der Waals surface area contributed by atoms with E-state index < -0.39 is 5.60 Å². The first-order chi connectivity index (χ1) is 12.1. The molecule has 2 aliphatic heterocycles. The lowest BCUT2D eigenvalue weighted by molar-refractivity contribution is -0.210. The summed E-state index contributed by atoms with van der Waals surface area (Å²) in [6.45, 7) is 7.84. The number of piperidine rings is 1. The molecule has 4 aliphatic rings. The first-order valence-corrected chi connectivity index (χ1v) is 9.46. The van der Waals surface area contributed by atoms with Gasteiger partial charge in [0, 0.05) is 25.3 Å². The SMILES string of the molecule is C=CCN1CC[C@]23c4c5ccc(C)c4OC2C(OC)CC[C@@]3(O)C1C5. The maximum absolute atomic E-state index is 12.1. The summed E-state index contributed by atoms with van der Waals surface area (Å²) in [4.78, 5) is 2.42. The van der Waals surface area contributed by atoms with Gasteiger partial charge in [0.1, 0.15) is 11.9 Å². The maximum atomic E-state index is 12.1. The van der Waals surface area contributed by atoms with Crippen LogP contribution in [-0.2, 0) is 16.6 Å². The van der Waals surface area contributed by atoms with E-state index in [2.05, 4.69) is 30.5 Å². The van der Waals surface area contributed by atoms with Crippen LogP contribution in [0.5, 0.6) is 5.75 Å². The summed E-state index contributed by atoms with van der Waals surface area (Å²) >= 11 is 0. The quantitative estimate of drug-likeness (QED) is 0.857. The smallest absolute Gasteiger partial charge is 0.137 e. The number of hydrogen-bond acceptors (Lipinski definition) is 4. The summed E-state index contributed by atoms with van der Waals surface area (Å²) in [6.07, 6.45) is 5.35. The van der Waals surface area contributed by atoms with E-state index in [1.165, 1.54) is 16.7 Å². The van der Waals surface area contributed by atoms with E-state index in [1.807, 2.05) is 6.08 Å². The predicted molar refractivity (Wildman–Crippen MR) is 96.1 cm³/mol. The molecule has 1 N–H and O–H groups in total. The molecule has 0 aromatic heterocycles. The molecule has 0 amide bonds. The molecule has 0 radical (unpaired) electrons. The minimum absolute atomic E-state index is 0.0460. The largest absolute Gasteiger partial charge is 0.486 e. The minimum atomic E-state index is -0.750. The highest BCUT2D eigenvalue weighted by molar-refractivity contribution is 5.60. The van der Waals surface area contributed by atoms with Gasteiger partial charge in [-0.1, -0.05) is 18.2 Å². The zero-order valence-corrected chi connectivity index (χ0v) is 15.1. The van der Waals surface area contributed by atoms with Crippen LogP contribution in [0.4, 0.5) is 0 Å². The number of aliphatic hydroxyl groups is 1. The summed E-state index contributed by atoms with van der Waals surface area (Å²) in [5.41, 5.74) is 2.73. The van der Waals surface area contributed by atoms with Gasteiger partial charge in [0.15, 0.2) is 0 Å². The van der Waals surface area contributed by atoms with Gasteiger partial charge in [0.2, 0.25) is 0 Å². The molecule has 5 rings (SSSR count). The molecule has 1 aromatic carbocycles. The van der Waals surface area contributed by atoms with Crippen LogP contribution in [0.15, 0.2) is 24.8 Å². The lowest BCUT2D eigenvalue weighted by Crippen LogP contribution is -2.77. The van der Waals surface area contributed by atoms with Gasteiger partial charge in [-0.05, 0) is 50.3 Å². The minimum Gasteiger partial charge on any atom is -0.486 e. The molecular weight excluding hydrogens is 314 g/mol. The number of ether oxygens (including phenoxy) is 2. The summed E-state index contributed by atoms with van der Waals surface area (Å²) in [5, 5.41) is 12.1. The van der Waals surface area contributed by atoms with Crippen LogP contribution in [0.1, 0.15) is 36.0 Å². The van der Waals surface area contributed by atoms with Gasteiger partial charge < -0.3 is 14.6 Å². The topological polar surface area (TPSA) is 41.9 Å². The van der Waals surface area contributed by atoms with Crippen LogP contribution in [0.3, 0.4) is 0 Å². The van der Waals surface area contributed by atoms with E-state index >= 15 is 0 Å². The van der Waals surface area contributed by atoms with Crippen molar-refractivity contribution in [2.45, 2.75) is 61.9 Å². The molecule has 5 atom stereocenters. The maximum Gasteiger partial charge on any atom is 0.137 e. The summed E-state index contributed by atoms with van der Waals surface area (Å²) in [6, 6.07) is 4.55. The molecule has 25 heavy (non-hydrogen) atoms. The lowest BCUT2D eigenvalue weighted by atomic mass is 9.48. The van der Waals surface area contributed by atoms with E-state index in [-0.39, 0.29) is 23.7 Å². The number of likely N-dealkylation sites (tertiary alicyclic amines) is 1. The molecule has 1 saturated heterocycles. The second-order valence-electron chi connectivity index (χ2n) is 8.25. The van der Waals surface area contributed by atoms with Crippen molar-refractivity contribution in [1.29, 1.82) is 0 Å². The van der Waals surface area contributed by atoms with Crippen LogP contribution in [0.2, 0.25) is 0 Å². The zero-order valence-electron chi connectivity index (χ0n) is 15.1. The van der Waals surface area contributed by atoms with Gasteiger partial charge in [0.25, 0.3) is 0 Å². The molecule has 2 aliphatic carbocycles. The molecule has 1 spiro atoms. The molecular formula is C21H27NO3. The Morgan fingerprint density at radius 1 is 1.44 bits per heavy atom. The van der Waals surface area contributed by atoms with Gasteiger partial charge >= 0.3 is 0 Å². The van der Waals surface area contributed by atoms with Crippen LogP contribution in [-0.4, -0.2) is 54.1 Å². The van der Waals surface area contributed by atoms with E-state index in [1.54, 1.807) is 7.11 Å². The number of aryl methyl sites for hydroxylation is 1. The molecule has 1 saturated carbocycles. The summed E-state index contributed by atoms with van der Waals surface area (Å²) in [7, 11) is 1.78. The van der Waals surface area contributed by atoms with E-state index in [0.29, 0.717) is 0 Å². The van der Waals surface area contributed by atoms with Gasteiger partial charge in [-0.25, -0.2) is 0 Å². The first-order valence-electron chi connectivity index (χ1n) is 9.46. The first kappa shape index (κ1) is 15.9. The van der Waals surface area contributed by atoms with Crippen molar-refractivity contribution in [2.24, 2.45) is 0 Å². The van der Waals surface area contributed by atoms with E-state index in [9.17, 15) is 5.11 Å². The fourth-order valence-electron chi connectivity index (χ4n) is 6.36. The number of benzene rings is 1. The summed E-state index contributed by atoms with van der Waals surface area (Å²) in [5.74, 6) is 1.01. The van der Waals surface area contributed by atoms with Crippen molar-refractivity contribution in [1.82, 2.24) is 4.90 Å². The van der Waals surface area contributed by atoms with Gasteiger partial charge in [-0.15, -0.1) is 6.58 Å². The molecule has 4 nitrogen and oxygen atoms in total. The average molecular weight is 341 g/mol. The second-order valence-corrected chi connectivity index (χ2v) is 8.25. The van der Waals surface area contributed by atoms with Crippen molar-refractivity contribution < 1.29 is 14.6 Å². The fourth-order valence-corrected chi connectivity index (χ4v) is 6.36. The molecule has 134 valence electrons. The molecule has 3 unspecified atom stereocenters. The molecule has 1 aromatic rings. The fraction of sp³-hybridized carbons (Fsp3) is 0.619. The summed E-state index contributed by atoms with van der Waals surface area (Å²) < 4.78 is 12.4.